The number of amides is 1. The number of carbonyl (C=O) groups is 1. The van der Waals surface area contributed by atoms with Crippen LogP contribution < -0.4 is 10.1 Å². The van der Waals surface area contributed by atoms with Crippen molar-refractivity contribution in [3.05, 3.63) is 30.3 Å². The second-order valence-corrected chi connectivity index (χ2v) is 4.98. The molecule has 2 N–H and O–H groups in total. The molecule has 0 fully saturated rings. The first-order chi connectivity index (χ1) is 11.7. The number of benzene rings is 1. The summed E-state index contributed by atoms with van der Waals surface area (Å²) in [5.74, 6) is 4.77. The Morgan fingerprint density at radius 1 is 1.12 bits per heavy atom. The minimum atomic E-state index is -1.15. The highest BCUT2D eigenvalue weighted by atomic mass is 16.5. The molecule has 6 nitrogen and oxygen atoms in total. The third kappa shape index (κ3) is 7.17. The zero-order valence-electron chi connectivity index (χ0n) is 13.4. The van der Waals surface area contributed by atoms with Crippen molar-refractivity contribution < 1.29 is 24.1 Å². The van der Waals surface area contributed by atoms with E-state index in [1.54, 1.807) is 24.3 Å². The van der Waals surface area contributed by atoms with Crippen molar-refractivity contribution in [3.63, 3.8) is 0 Å². The summed E-state index contributed by atoms with van der Waals surface area (Å²) in [5, 5.41) is 12.4. The van der Waals surface area contributed by atoms with Gasteiger partial charge in [0.2, 0.25) is 0 Å². The first kappa shape index (κ1) is 19.5. The summed E-state index contributed by atoms with van der Waals surface area (Å²) in [7, 11) is 0. The van der Waals surface area contributed by atoms with Crippen LogP contribution in [0.25, 0.3) is 0 Å². The Morgan fingerprint density at radius 3 is 2.21 bits per heavy atom. The molecule has 0 heterocycles. The molecule has 1 aromatic carbocycles. The summed E-state index contributed by atoms with van der Waals surface area (Å²) in [4.78, 5) is 12.1. The van der Waals surface area contributed by atoms with Gasteiger partial charge in [-0.2, -0.15) is 0 Å². The molecule has 0 saturated carbocycles. The fraction of sp³-hybridized carbons (Fsp3) is 0.389. The number of terminal acetylenes is 2. The van der Waals surface area contributed by atoms with Gasteiger partial charge in [0.05, 0.1) is 19.8 Å². The highest BCUT2D eigenvalue weighted by Crippen LogP contribution is 2.09. The van der Waals surface area contributed by atoms with E-state index < -0.39 is 18.1 Å². The van der Waals surface area contributed by atoms with Gasteiger partial charge in [-0.05, 0) is 12.1 Å². The lowest BCUT2D eigenvalue weighted by atomic mass is 10.0. The van der Waals surface area contributed by atoms with Crippen molar-refractivity contribution in [1.82, 2.24) is 5.32 Å². The standard InChI is InChI=1S/C18H21NO5/c1-3-10-22-14-18(13-20,15-23-11-4-2)19-17(21)12-24-16-8-6-5-7-9-16/h1-2,5-9,20H,10-15H2,(H,19,21). The molecule has 0 radical (unpaired) electrons. The summed E-state index contributed by atoms with van der Waals surface area (Å²) in [6.45, 7) is -0.555. The molecular formula is C18H21NO5. The SMILES string of the molecule is C#CCOCC(CO)(COCC#C)NC(=O)COc1ccccc1. The van der Waals surface area contributed by atoms with Crippen LogP contribution in [0.4, 0.5) is 0 Å². The van der Waals surface area contributed by atoms with Gasteiger partial charge in [0.1, 0.15) is 24.5 Å². The lowest BCUT2D eigenvalue weighted by Gasteiger charge is -2.32. The molecule has 1 amide bonds. The summed E-state index contributed by atoms with van der Waals surface area (Å²) in [6, 6.07) is 8.91. The largest absolute Gasteiger partial charge is 0.484 e. The number of para-hydroxylation sites is 1. The summed E-state index contributed by atoms with van der Waals surface area (Å²) < 4.78 is 15.9. The van der Waals surface area contributed by atoms with Crippen LogP contribution in [0.5, 0.6) is 5.75 Å². The van der Waals surface area contributed by atoms with Crippen molar-refractivity contribution in [2.75, 3.05) is 39.6 Å². The molecule has 0 aliphatic carbocycles. The molecule has 0 spiro atoms. The van der Waals surface area contributed by atoms with Crippen LogP contribution in [0.3, 0.4) is 0 Å². The number of hydrogen-bond donors (Lipinski definition) is 2. The lowest BCUT2D eigenvalue weighted by molar-refractivity contribution is -0.128. The lowest BCUT2D eigenvalue weighted by Crippen LogP contribution is -2.59. The Hall–Kier alpha value is -2.51. The third-order valence-electron chi connectivity index (χ3n) is 2.95. The predicted octanol–water partition coefficient (Wildman–Crippen LogP) is 0.212. The maximum Gasteiger partial charge on any atom is 0.258 e. The highest BCUT2D eigenvalue weighted by Gasteiger charge is 2.32. The maximum absolute atomic E-state index is 12.1. The van der Waals surface area contributed by atoms with E-state index in [0.717, 1.165) is 0 Å². The van der Waals surface area contributed by atoms with Gasteiger partial charge in [-0.25, -0.2) is 0 Å². The average molecular weight is 331 g/mol. The fourth-order valence-corrected chi connectivity index (χ4v) is 1.85. The summed E-state index contributed by atoms with van der Waals surface area (Å²) in [5.41, 5.74) is -1.15. The second-order valence-electron chi connectivity index (χ2n) is 4.98. The minimum Gasteiger partial charge on any atom is -0.484 e. The Bertz CT molecular complexity index is 553. The van der Waals surface area contributed by atoms with E-state index in [0.29, 0.717) is 5.75 Å². The topological polar surface area (TPSA) is 77.0 Å². The normalized spacial score (nSPS) is 10.5. The van der Waals surface area contributed by atoms with Gasteiger partial charge in [-0.1, -0.05) is 30.0 Å². The number of aliphatic hydroxyl groups excluding tert-OH is 1. The van der Waals surface area contributed by atoms with Crippen LogP contribution in [-0.4, -0.2) is 56.2 Å². The molecule has 0 aliphatic heterocycles. The van der Waals surface area contributed by atoms with Crippen molar-refractivity contribution in [1.29, 1.82) is 0 Å². The van der Waals surface area contributed by atoms with E-state index in [1.165, 1.54) is 0 Å². The zero-order chi connectivity index (χ0) is 17.7. The molecule has 6 heteroatoms. The van der Waals surface area contributed by atoms with Crippen LogP contribution in [0, 0.1) is 24.7 Å². The molecule has 1 aromatic rings. The van der Waals surface area contributed by atoms with E-state index in [-0.39, 0.29) is 33.0 Å². The van der Waals surface area contributed by atoms with Gasteiger partial charge in [-0.15, -0.1) is 12.8 Å². The molecule has 0 aromatic heterocycles. The minimum absolute atomic E-state index is 0.0185. The first-order valence-electron chi connectivity index (χ1n) is 7.28. The van der Waals surface area contributed by atoms with E-state index in [2.05, 4.69) is 17.2 Å². The van der Waals surface area contributed by atoms with Crippen LogP contribution in [0.1, 0.15) is 0 Å². The number of carbonyl (C=O) groups excluding carboxylic acids is 1. The van der Waals surface area contributed by atoms with E-state index in [4.69, 9.17) is 27.1 Å². The molecule has 0 aliphatic rings. The van der Waals surface area contributed by atoms with E-state index in [9.17, 15) is 9.90 Å². The quantitative estimate of drug-likeness (QED) is 0.448. The fourth-order valence-electron chi connectivity index (χ4n) is 1.85. The van der Waals surface area contributed by atoms with Crippen LogP contribution in [0.2, 0.25) is 0 Å². The number of ether oxygens (including phenoxy) is 3. The maximum atomic E-state index is 12.1. The van der Waals surface area contributed by atoms with Crippen LogP contribution in [0.15, 0.2) is 30.3 Å². The summed E-state index contributed by atoms with van der Waals surface area (Å²) >= 11 is 0. The molecule has 0 atom stereocenters. The van der Waals surface area contributed by atoms with E-state index in [1.807, 2.05) is 6.07 Å². The van der Waals surface area contributed by atoms with Gasteiger partial charge in [0.15, 0.2) is 6.61 Å². The number of nitrogens with one attached hydrogen (secondary N) is 1. The Morgan fingerprint density at radius 2 is 1.71 bits per heavy atom. The van der Waals surface area contributed by atoms with Crippen molar-refractivity contribution in [3.8, 4) is 30.4 Å². The Kier molecular flexibility index (Phi) is 9.03. The molecule has 24 heavy (non-hydrogen) atoms. The van der Waals surface area contributed by atoms with Gasteiger partial charge in [0, 0.05) is 0 Å². The number of hydrogen-bond acceptors (Lipinski definition) is 5. The molecule has 0 saturated heterocycles. The number of rotatable bonds is 11. The van der Waals surface area contributed by atoms with Crippen molar-refractivity contribution >= 4 is 5.91 Å². The number of aliphatic hydroxyl groups is 1. The first-order valence-corrected chi connectivity index (χ1v) is 7.28. The monoisotopic (exact) mass is 331 g/mol. The van der Waals surface area contributed by atoms with E-state index >= 15 is 0 Å². The molecule has 0 bridgehead atoms. The van der Waals surface area contributed by atoms with Gasteiger partial charge >= 0.3 is 0 Å². The predicted molar refractivity (Wildman–Crippen MR) is 89.2 cm³/mol. The Balaban J connectivity index is 2.61. The van der Waals surface area contributed by atoms with Gasteiger partial charge in [-0.3, -0.25) is 4.79 Å². The third-order valence-corrected chi connectivity index (χ3v) is 2.95. The van der Waals surface area contributed by atoms with Crippen LogP contribution in [-0.2, 0) is 14.3 Å². The average Bonchev–Trinajstić information content (AvgIpc) is 2.61. The van der Waals surface area contributed by atoms with Gasteiger partial charge < -0.3 is 24.6 Å². The molecule has 128 valence electrons. The van der Waals surface area contributed by atoms with Crippen molar-refractivity contribution in [2.45, 2.75) is 5.54 Å². The Labute approximate surface area is 142 Å². The molecular weight excluding hydrogens is 310 g/mol. The molecule has 0 unspecified atom stereocenters. The second kappa shape index (κ2) is 11.1. The molecule has 1 rings (SSSR count). The highest BCUT2D eigenvalue weighted by molar-refractivity contribution is 5.78. The van der Waals surface area contributed by atoms with Crippen LogP contribution >= 0.6 is 0 Å². The zero-order valence-corrected chi connectivity index (χ0v) is 13.4. The summed E-state index contributed by atoms with van der Waals surface area (Å²) in [6.07, 6.45) is 10.3. The van der Waals surface area contributed by atoms with Crippen molar-refractivity contribution in [2.24, 2.45) is 0 Å². The smallest absolute Gasteiger partial charge is 0.258 e. The van der Waals surface area contributed by atoms with Gasteiger partial charge in [0.25, 0.3) is 5.91 Å².